The summed E-state index contributed by atoms with van der Waals surface area (Å²) in [6, 6.07) is 2.95. The molecule has 3 rings (SSSR count). The van der Waals surface area contributed by atoms with Crippen LogP contribution in [0.1, 0.15) is 27.3 Å². The monoisotopic (exact) mass is 485 g/mol. The Bertz CT molecular complexity index is 1250. The highest BCUT2D eigenvalue weighted by Crippen LogP contribution is 2.40. The second-order valence-corrected chi connectivity index (χ2v) is 7.09. The Morgan fingerprint density at radius 2 is 1.44 bits per heavy atom. The van der Waals surface area contributed by atoms with Gasteiger partial charge in [-0.3, -0.25) is 9.48 Å². The molecule has 1 aromatic heterocycles. The van der Waals surface area contributed by atoms with Crippen LogP contribution in [0.15, 0.2) is 12.1 Å². The fraction of sp³-hybridized carbons (Fsp3) is 0.273. The Hall–Kier alpha value is -3.83. The van der Waals surface area contributed by atoms with Gasteiger partial charge in [0.25, 0.3) is 5.91 Å². The summed E-state index contributed by atoms with van der Waals surface area (Å²) >= 11 is 0. The standard InChI is InChI=1S/C22H20F5N3O4/c1-9-19(28-22(31)11-6-7-13(32-3)21(34-5)20(11)33-4)10(2)30(29-9)8-12-14(23)16(25)18(27)17(26)15(12)24/h6-7H,8H2,1-5H3,(H,28,31). The highest BCUT2D eigenvalue weighted by atomic mass is 19.2. The molecule has 1 amide bonds. The van der Waals surface area contributed by atoms with Crippen LogP contribution in [0.5, 0.6) is 17.2 Å². The van der Waals surface area contributed by atoms with Gasteiger partial charge in [0.1, 0.15) is 0 Å². The Morgan fingerprint density at radius 3 is 1.97 bits per heavy atom. The lowest BCUT2D eigenvalue weighted by Crippen LogP contribution is -2.16. The molecule has 12 heteroatoms. The first-order chi connectivity index (χ1) is 16.1. The molecule has 0 fully saturated rings. The van der Waals surface area contributed by atoms with E-state index >= 15 is 0 Å². The van der Waals surface area contributed by atoms with E-state index in [2.05, 4.69) is 10.4 Å². The van der Waals surface area contributed by atoms with E-state index in [0.717, 1.165) is 4.68 Å². The van der Waals surface area contributed by atoms with Gasteiger partial charge in [0.2, 0.25) is 11.6 Å². The van der Waals surface area contributed by atoms with E-state index in [4.69, 9.17) is 14.2 Å². The van der Waals surface area contributed by atoms with E-state index in [1.54, 1.807) is 0 Å². The SMILES string of the molecule is COc1ccc(C(=O)Nc2c(C)nn(Cc3c(F)c(F)c(F)c(F)c3F)c2C)c(OC)c1OC. The van der Waals surface area contributed by atoms with Crippen LogP contribution in [0.3, 0.4) is 0 Å². The Balaban J connectivity index is 1.98. The minimum absolute atomic E-state index is 0.0893. The summed E-state index contributed by atoms with van der Waals surface area (Å²) in [4.78, 5) is 13.0. The van der Waals surface area contributed by atoms with Crippen molar-refractivity contribution in [1.82, 2.24) is 9.78 Å². The van der Waals surface area contributed by atoms with Crippen molar-refractivity contribution in [2.24, 2.45) is 0 Å². The zero-order valence-electron chi connectivity index (χ0n) is 18.8. The number of nitrogens with one attached hydrogen (secondary N) is 1. The smallest absolute Gasteiger partial charge is 0.259 e. The first kappa shape index (κ1) is 24.8. The zero-order chi connectivity index (χ0) is 25.3. The molecule has 0 atom stereocenters. The third-order valence-corrected chi connectivity index (χ3v) is 5.18. The number of carbonyl (C=O) groups excluding carboxylic acids is 1. The minimum Gasteiger partial charge on any atom is -0.493 e. The van der Waals surface area contributed by atoms with E-state index < -0.39 is 47.1 Å². The van der Waals surface area contributed by atoms with Crippen molar-refractivity contribution >= 4 is 11.6 Å². The largest absolute Gasteiger partial charge is 0.493 e. The van der Waals surface area contributed by atoms with Crippen LogP contribution < -0.4 is 19.5 Å². The normalized spacial score (nSPS) is 10.9. The molecule has 182 valence electrons. The van der Waals surface area contributed by atoms with Gasteiger partial charge in [-0.25, -0.2) is 22.0 Å². The molecular formula is C22H20F5N3O4. The van der Waals surface area contributed by atoms with Crippen molar-refractivity contribution < 1.29 is 41.0 Å². The van der Waals surface area contributed by atoms with Gasteiger partial charge in [-0.15, -0.1) is 0 Å². The maximum atomic E-state index is 14.1. The summed E-state index contributed by atoms with van der Waals surface area (Å²) in [5, 5.41) is 6.71. The summed E-state index contributed by atoms with van der Waals surface area (Å²) in [6.07, 6.45) is 0. The van der Waals surface area contributed by atoms with Crippen LogP contribution in [0.25, 0.3) is 0 Å². The summed E-state index contributed by atoms with van der Waals surface area (Å²) < 4.78 is 85.4. The molecule has 0 spiro atoms. The molecule has 1 N–H and O–H groups in total. The number of hydrogen-bond donors (Lipinski definition) is 1. The number of rotatable bonds is 7. The number of benzene rings is 2. The first-order valence-corrected chi connectivity index (χ1v) is 9.71. The maximum Gasteiger partial charge on any atom is 0.259 e. The van der Waals surface area contributed by atoms with E-state index in [-0.39, 0.29) is 34.1 Å². The van der Waals surface area contributed by atoms with E-state index in [9.17, 15) is 26.7 Å². The second kappa shape index (κ2) is 9.57. The molecular weight excluding hydrogens is 465 g/mol. The number of amides is 1. The van der Waals surface area contributed by atoms with Crippen molar-refractivity contribution in [1.29, 1.82) is 0 Å². The minimum atomic E-state index is -2.25. The number of methoxy groups -OCH3 is 3. The lowest BCUT2D eigenvalue weighted by atomic mass is 10.1. The molecule has 7 nitrogen and oxygen atoms in total. The van der Waals surface area contributed by atoms with Gasteiger partial charge in [0.05, 0.1) is 56.1 Å². The zero-order valence-corrected chi connectivity index (χ0v) is 18.8. The number of ether oxygens (including phenoxy) is 3. The number of anilines is 1. The molecule has 0 saturated carbocycles. The summed E-state index contributed by atoms with van der Waals surface area (Å²) in [7, 11) is 4.13. The lowest BCUT2D eigenvalue weighted by Gasteiger charge is -2.15. The van der Waals surface area contributed by atoms with Gasteiger partial charge < -0.3 is 19.5 Å². The van der Waals surface area contributed by atoms with Crippen molar-refractivity contribution in [3.8, 4) is 17.2 Å². The molecule has 0 radical (unpaired) electrons. The van der Waals surface area contributed by atoms with Crippen LogP contribution >= 0.6 is 0 Å². The Kier molecular flexibility index (Phi) is 6.99. The van der Waals surface area contributed by atoms with Gasteiger partial charge in [0.15, 0.2) is 34.8 Å². The Labute approximate surface area is 191 Å². The summed E-state index contributed by atoms with van der Waals surface area (Å²) in [5.74, 6) is -10.3. The van der Waals surface area contributed by atoms with Gasteiger partial charge in [-0.05, 0) is 26.0 Å². The molecule has 3 aromatic rings. The highest BCUT2D eigenvalue weighted by molar-refractivity contribution is 6.07. The predicted octanol–water partition coefficient (Wildman–Crippen LogP) is 4.52. The number of aromatic nitrogens is 2. The molecule has 0 aliphatic heterocycles. The second-order valence-electron chi connectivity index (χ2n) is 7.09. The highest BCUT2D eigenvalue weighted by Gasteiger charge is 2.27. The lowest BCUT2D eigenvalue weighted by molar-refractivity contribution is 0.102. The van der Waals surface area contributed by atoms with Crippen LogP contribution in [-0.4, -0.2) is 37.0 Å². The number of carbonyl (C=O) groups is 1. The van der Waals surface area contributed by atoms with Crippen LogP contribution in [0.2, 0.25) is 0 Å². The molecule has 0 aliphatic rings. The Morgan fingerprint density at radius 1 is 0.882 bits per heavy atom. The average Bonchev–Trinajstić information content (AvgIpc) is 3.10. The van der Waals surface area contributed by atoms with Crippen molar-refractivity contribution in [3.63, 3.8) is 0 Å². The number of nitrogens with zero attached hydrogens (tertiary/aromatic N) is 2. The quantitative estimate of drug-likeness (QED) is 0.303. The number of hydrogen-bond acceptors (Lipinski definition) is 5. The topological polar surface area (TPSA) is 74.6 Å². The predicted molar refractivity (Wildman–Crippen MR) is 111 cm³/mol. The average molecular weight is 485 g/mol. The molecule has 34 heavy (non-hydrogen) atoms. The molecule has 1 heterocycles. The maximum absolute atomic E-state index is 14.1. The van der Waals surface area contributed by atoms with Crippen molar-refractivity contribution in [2.75, 3.05) is 26.6 Å². The summed E-state index contributed by atoms with van der Waals surface area (Å²) in [5.41, 5.74) is -0.318. The van der Waals surface area contributed by atoms with Crippen molar-refractivity contribution in [2.45, 2.75) is 20.4 Å². The molecule has 0 bridgehead atoms. The fourth-order valence-electron chi connectivity index (χ4n) is 3.43. The third kappa shape index (κ3) is 4.11. The van der Waals surface area contributed by atoms with Crippen molar-refractivity contribution in [3.05, 3.63) is 63.7 Å². The fourth-order valence-corrected chi connectivity index (χ4v) is 3.43. The van der Waals surface area contributed by atoms with E-state index in [1.807, 2.05) is 0 Å². The molecule has 0 aliphatic carbocycles. The van der Waals surface area contributed by atoms with Crippen LogP contribution in [0, 0.1) is 42.9 Å². The van der Waals surface area contributed by atoms with Gasteiger partial charge in [-0.1, -0.05) is 0 Å². The van der Waals surface area contributed by atoms with Gasteiger partial charge >= 0.3 is 0 Å². The van der Waals surface area contributed by atoms with Gasteiger partial charge in [-0.2, -0.15) is 5.10 Å². The van der Waals surface area contributed by atoms with E-state index in [0.29, 0.717) is 5.75 Å². The third-order valence-electron chi connectivity index (χ3n) is 5.18. The van der Waals surface area contributed by atoms with Gasteiger partial charge in [0, 0.05) is 0 Å². The number of aryl methyl sites for hydroxylation is 1. The van der Waals surface area contributed by atoms with Crippen LogP contribution in [-0.2, 0) is 6.54 Å². The van der Waals surface area contributed by atoms with E-state index in [1.165, 1.54) is 47.3 Å². The molecule has 0 saturated heterocycles. The molecule has 2 aromatic carbocycles. The van der Waals surface area contributed by atoms with Crippen LogP contribution in [0.4, 0.5) is 27.6 Å². The first-order valence-electron chi connectivity index (χ1n) is 9.71. The summed E-state index contributed by atoms with van der Waals surface area (Å²) in [6.45, 7) is 2.21. The molecule has 0 unspecified atom stereocenters. The number of halogens is 5.